The van der Waals surface area contributed by atoms with Crippen molar-refractivity contribution >= 4 is 31.4 Å². The van der Waals surface area contributed by atoms with E-state index in [1.54, 1.807) is 6.07 Å². The Morgan fingerprint density at radius 1 is 1.11 bits per heavy atom. The summed E-state index contributed by atoms with van der Waals surface area (Å²) in [5, 5.41) is 11.6. The van der Waals surface area contributed by atoms with E-state index in [0.29, 0.717) is 4.88 Å². The Labute approximate surface area is 163 Å². The van der Waals surface area contributed by atoms with E-state index in [2.05, 4.69) is 9.46 Å². The molecule has 1 unspecified atom stereocenters. The lowest BCUT2D eigenvalue weighted by Crippen LogP contribution is -2.38. The van der Waals surface area contributed by atoms with Crippen molar-refractivity contribution in [3.05, 3.63) is 59.5 Å². The van der Waals surface area contributed by atoms with Crippen LogP contribution in [0.25, 0.3) is 10.1 Å². The van der Waals surface area contributed by atoms with E-state index in [1.807, 2.05) is 24.3 Å². The molecule has 0 aliphatic heterocycles. The van der Waals surface area contributed by atoms with Gasteiger partial charge in [0, 0.05) is 16.1 Å². The summed E-state index contributed by atoms with van der Waals surface area (Å²) in [5.74, 6) is -0.524. The highest BCUT2D eigenvalue weighted by Gasteiger charge is 2.31. The smallest absolute Gasteiger partial charge is 0.406 e. The van der Waals surface area contributed by atoms with Gasteiger partial charge in [0.2, 0.25) is 10.0 Å². The second-order valence-electron chi connectivity index (χ2n) is 6.27. The topological polar surface area (TPSA) is 75.6 Å². The molecule has 0 saturated heterocycles. The number of nitrogens with one attached hydrogen (secondary N) is 1. The average Bonchev–Trinajstić information content (AvgIpc) is 3.04. The largest absolute Gasteiger partial charge is 0.573 e. The Kier molecular flexibility index (Phi) is 5.41. The summed E-state index contributed by atoms with van der Waals surface area (Å²) in [4.78, 5) is 0.347. The van der Waals surface area contributed by atoms with Crippen LogP contribution in [0.2, 0.25) is 0 Å². The van der Waals surface area contributed by atoms with Crippen molar-refractivity contribution in [1.29, 1.82) is 0 Å². The maximum atomic E-state index is 12.4. The van der Waals surface area contributed by atoms with Gasteiger partial charge in [-0.15, -0.1) is 24.5 Å². The Bertz CT molecular complexity index is 1040. The summed E-state index contributed by atoms with van der Waals surface area (Å²) in [5.41, 5.74) is -1.46. The molecule has 0 fully saturated rings. The SMILES string of the molecule is CC(O)(CNS(=O)(=O)c1ccc(OC(F)(F)F)cc1)c1cc2ccccc2s1. The number of alkyl halides is 3. The molecule has 28 heavy (non-hydrogen) atoms. The van der Waals surface area contributed by atoms with Gasteiger partial charge in [-0.05, 0) is 48.7 Å². The normalized spacial score (nSPS) is 14.8. The monoisotopic (exact) mass is 431 g/mol. The number of rotatable bonds is 6. The van der Waals surface area contributed by atoms with Gasteiger partial charge in [0.05, 0.1) is 4.90 Å². The summed E-state index contributed by atoms with van der Waals surface area (Å²) in [7, 11) is -4.03. The molecule has 10 heteroatoms. The highest BCUT2D eigenvalue weighted by Crippen LogP contribution is 2.33. The van der Waals surface area contributed by atoms with Crippen molar-refractivity contribution in [2.45, 2.75) is 23.8 Å². The fraction of sp³-hybridized carbons (Fsp3) is 0.222. The summed E-state index contributed by atoms with van der Waals surface area (Å²) in [6.07, 6.45) is -4.86. The summed E-state index contributed by atoms with van der Waals surface area (Å²) >= 11 is 1.35. The molecule has 0 radical (unpaired) electrons. The highest BCUT2D eigenvalue weighted by atomic mass is 32.2. The predicted molar refractivity (Wildman–Crippen MR) is 99.7 cm³/mol. The van der Waals surface area contributed by atoms with Gasteiger partial charge in [0.25, 0.3) is 0 Å². The van der Waals surface area contributed by atoms with Gasteiger partial charge < -0.3 is 9.84 Å². The molecule has 1 heterocycles. The molecule has 0 saturated carbocycles. The lowest BCUT2D eigenvalue weighted by molar-refractivity contribution is -0.274. The molecule has 3 rings (SSSR count). The van der Waals surface area contributed by atoms with Gasteiger partial charge >= 0.3 is 6.36 Å². The van der Waals surface area contributed by atoms with Crippen molar-refractivity contribution in [3.63, 3.8) is 0 Å². The van der Waals surface area contributed by atoms with E-state index in [9.17, 15) is 26.7 Å². The molecule has 0 aliphatic rings. The molecular formula is C18H16F3NO4S2. The molecule has 150 valence electrons. The Hall–Kier alpha value is -2.14. The van der Waals surface area contributed by atoms with Crippen LogP contribution in [0.1, 0.15) is 11.8 Å². The Morgan fingerprint density at radius 2 is 1.75 bits per heavy atom. The van der Waals surface area contributed by atoms with Crippen molar-refractivity contribution in [2.75, 3.05) is 6.54 Å². The van der Waals surface area contributed by atoms with E-state index in [4.69, 9.17) is 0 Å². The van der Waals surface area contributed by atoms with Crippen LogP contribution < -0.4 is 9.46 Å². The number of thiophene rings is 1. The quantitative estimate of drug-likeness (QED) is 0.619. The number of ether oxygens (including phenoxy) is 1. The molecule has 1 atom stereocenters. The molecule has 0 aliphatic carbocycles. The third-order valence-corrected chi connectivity index (χ3v) is 6.72. The molecule has 0 amide bonds. The zero-order chi connectivity index (χ0) is 20.6. The van der Waals surface area contributed by atoms with Gasteiger partial charge in [0.15, 0.2) is 0 Å². The second-order valence-corrected chi connectivity index (χ2v) is 9.12. The summed E-state index contributed by atoms with van der Waals surface area (Å²) in [6.45, 7) is 1.18. The van der Waals surface area contributed by atoms with Gasteiger partial charge in [-0.3, -0.25) is 0 Å². The number of hydrogen-bond acceptors (Lipinski definition) is 5. The molecule has 2 aromatic carbocycles. The third-order valence-electron chi connectivity index (χ3n) is 3.93. The number of benzene rings is 2. The maximum Gasteiger partial charge on any atom is 0.573 e. The fourth-order valence-electron chi connectivity index (χ4n) is 2.47. The Balaban J connectivity index is 1.73. The first kappa shape index (κ1) is 20.6. The second kappa shape index (κ2) is 7.36. The molecule has 2 N–H and O–H groups in total. The van der Waals surface area contributed by atoms with Crippen molar-refractivity contribution < 1.29 is 31.4 Å². The fourth-order valence-corrected chi connectivity index (χ4v) is 4.71. The first-order chi connectivity index (χ1) is 13.0. The van der Waals surface area contributed by atoms with E-state index in [1.165, 1.54) is 18.3 Å². The first-order valence-corrected chi connectivity index (χ1v) is 10.3. The van der Waals surface area contributed by atoms with Crippen molar-refractivity contribution in [3.8, 4) is 5.75 Å². The summed E-state index contributed by atoms with van der Waals surface area (Å²) in [6, 6.07) is 13.1. The van der Waals surface area contributed by atoms with Crippen LogP contribution in [-0.2, 0) is 15.6 Å². The van der Waals surface area contributed by atoms with Crippen molar-refractivity contribution in [1.82, 2.24) is 4.72 Å². The standard InChI is InChI=1S/C18H16F3NO4S2/c1-17(23,16-10-12-4-2-3-5-15(12)27-16)11-22-28(24,25)14-8-6-13(7-9-14)26-18(19,20)21/h2-10,22-23H,11H2,1H3. The lowest BCUT2D eigenvalue weighted by Gasteiger charge is -2.22. The predicted octanol–water partition coefficient (Wildman–Crippen LogP) is 3.99. The molecule has 5 nitrogen and oxygen atoms in total. The minimum Gasteiger partial charge on any atom is -0.406 e. The van der Waals surface area contributed by atoms with Crippen LogP contribution in [-0.4, -0.2) is 26.4 Å². The average molecular weight is 431 g/mol. The van der Waals surface area contributed by atoms with Gasteiger partial charge in [-0.2, -0.15) is 0 Å². The number of sulfonamides is 1. The van der Waals surface area contributed by atoms with E-state index < -0.39 is 27.7 Å². The molecule has 3 aromatic rings. The number of halogens is 3. The summed E-state index contributed by atoms with van der Waals surface area (Å²) < 4.78 is 68.3. The molecule has 1 aromatic heterocycles. The van der Waals surface area contributed by atoms with Crippen molar-refractivity contribution in [2.24, 2.45) is 0 Å². The van der Waals surface area contributed by atoms with E-state index in [0.717, 1.165) is 34.4 Å². The zero-order valence-electron chi connectivity index (χ0n) is 14.5. The Morgan fingerprint density at radius 3 is 2.36 bits per heavy atom. The molecular weight excluding hydrogens is 415 g/mol. The van der Waals surface area contributed by atoms with Gasteiger partial charge in [-0.1, -0.05) is 18.2 Å². The van der Waals surface area contributed by atoms with Crippen LogP contribution >= 0.6 is 11.3 Å². The van der Waals surface area contributed by atoms with E-state index >= 15 is 0 Å². The number of fused-ring (bicyclic) bond motifs is 1. The minimum atomic E-state index is -4.86. The lowest BCUT2D eigenvalue weighted by atomic mass is 10.1. The molecule has 0 bridgehead atoms. The van der Waals surface area contributed by atoms with Gasteiger partial charge in [-0.25, -0.2) is 13.1 Å². The van der Waals surface area contributed by atoms with Crippen LogP contribution in [0.5, 0.6) is 5.75 Å². The minimum absolute atomic E-state index is 0.242. The molecule has 0 spiro atoms. The van der Waals surface area contributed by atoms with Crippen LogP contribution in [0, 0.1) is 0 Å². The third kappa shape index (κ3) is 4.82. The number of hydrogen-bond donors (Lipinski definition) is 2. The number of aliphatic hydroxyl groups is 1. The van der Waals surface area contributed by atoms with Crippen LogP contribution in [0.4, 0.5) is 13.2 Å². The zero-order valence-corrected chi connectivity index (χ0v) is 16.2. The highest BCUT2D eigenvalue weighted by molar-refractivity contribution is 7.89. The maximum absolute atomic E-state index is 12.4. The van der Waals surface area contributed by atoms with Crippen LogP contribution in [0.3, 0.4) is 0 Å². The van der Waals surface area contributed by atoms with E-state index in [-0.39, 0.29) is 11.4 Å². The first-order valence-electron chi connectivity index (χ1n) is 8.03. The van der Waals surface area contributed by atoms with Gasteiger partial charge in [0.1, 0.15) is 11.4 Å². The van der Waals surface area contributed by atoms with Crippen LogP contribution in [0.15, 0.2) is 59.5 Å².